The maximum absolute atomic E-state index is 11.0. The molecule has 0 unspecified atom stereocenters. The Balaban J connectivity index is 2.53. The van der Waals surface area contributed by atoms with E-state index in [1.165, 1.54) is 11.3 Å². The average Bonchev–Trinajstić information content (AvgIpc) is 2.48. The van der Waals surface area contributed by atoms with Crippen molar-refractivity contribution in [3.05, 3.63) is 16.1 Å². The molecule has 1 aromatic rings. The van der Waals surface area contributed by atoms with Gasteiger partial charge in [-0.15, -0.1) is 11.3 Å². The number of hydrogen-bond donors (Lipinski definition) is 1. The predicted octanol–water partition coefficient (Wildman–Crippen LogP) is 0.891. The van der Waals surface area contributed by atoms with Crippen LogP contribution in [0, 0.1) is 6.92 Å². The first-order valence-electron chi connectivity index (χ1n) is 3.92. The Morgan fingerprint density at radius 1 is 1.62 bits per heavy atom. The zero-order chi connectivity index (χ0) is 9.90. The van der Waals surface area contributed by atoms with Crippen molar-refractivity contribution in [1.29, 1.82) is 0 Å². The van der Waals surface area contributed by atoms with Crippen molar-refractivity contribution < 1.29 is 8.42 Å². The number of hydrogen-bond acceptors (Lipinski definition) is 4. The van der Waals surface area contributed by atoms with Crippen LogP contribution < -0.4 is 4.72 Å². The summed E-state index contributed by atoms with van der Waals surface area (Å²) in [6.45, 7) is 3.79. The molecule has 1 N–H and O–H groups in total. The minimum absolute atomic E-state index is 0.108. The fourth-order valence-corrected chi connectivity index (χ4v) is 2.12. The second kappa shape index (κ2) is 4.17. The average molecular weight is 220 g/mol. The summed E-state index contributed by atoms with van der Waals surface area (Å²) in [5.41, 5.74) is 0.927. The van der Waals surface area contributed by atoms with Crippen LogP contribution in [0.25, 0.3) is 0 Å². The van der Waals surface area contributed by atoms with Crippen LogP contribution in [0.5, 0.6) is 0 Å². The molecule has 0 radical (unpaired) electrons. The maximum atomic E-state index is 11.0. The number of thiazole rings is 1. The Morgan fingerprint density at radius 3 is 2.77 bits per heavy atom. The lowest BCUT2D eigenvalue weighted by atomic mass is 10.6. The fraction of sp³-hybridized carbons (Fsp3) is 0.571. The molecule has 0 fully saturated rings. The lowest BCUT2D eigenvalue weighted by Crippen LogP contribution is -2.24. The van der Waals surface area contributed by atoms with E-state index in [2.05, 4.69) is 9.71 Å². The van der Waals surface area contributed by atoms with Gasteiger partial charge in [-0.2, -0.15) is 0 Å². The van der Waals surface area contributed by atoms with E-state index in [9.17, 15) is 8.42 Å². The van der Waals surface area contributed by atoms with E-state index in [1.807, 2.05) is 12.3 Å². The summed E-state index contributed by atoms with van der Waals surface area (Å²) in [7, 11) is -3.09. The van der Waals surface area contributed by atoms with Crippen molar-refractivity contribution in [2.45, 2.75) is 20.4 Å². The highest BCUT2D eigenvalue weighted by Gasteiger charge is 2.07. The maximum Gasteiger partial charge on any atom is 0.211 e. The fourth-order valence-electron chi connectivity index (χ4n) is 0.758. The summed E-state index contributed by atoms with van der Waals surface area (Å²) in [6, 6.07) is 0. The van der Waals surface area contributed by atoms with Crippen molar-refractivity contribution in [2.24, 2.45) is 0 Å². The molecule has 1 heterocycles. The predicted molar refractivity (Wildman–Crippen MR) is 53.2 cm³/mol. The third-order valence-corrected chi connectivity index (χ3v) is 3.80. The van der Waals surface area contributed by atoms with Crippen molar-refractivity contribution in [1.82, 2.24) is 9.71 Å². The van der Waals surface area contributed by atoms with Gasteiger partial charge in [0.05, 0.1) is 12.3 Å². The molecule has 0 spiro atoms. The molecular weight excluding hydrogens is 208 g/mol. The van der Waals surface area contributed by atoms with Crippen molar-refractivity contribution in [2.75, 3.05) is 5.75 Å². The van der Waals surface area contributed by atoms with E-state index < -0.39 is 10.0 Å². The van der Waals surface area contributed by atoms with E-state index in [0.717, 1.165) is 10.7 Å². The first kappa shape index (κ1) is 10.6. The first-order valence-corrected chi connectivity index (χ1v) is 6.45. The number of aryl methyl sites for hydroxylation is 1. The standard InChI is InChI=1S/C7H12N2O2S2/c1-3-13(10,11)8-4-7-9-6(2)5-12-7/h5,8H,3-4H2,1-2H3. The highest BCUT2D eigenvalue weighted by atomic mass is 32.2. The van der Waals surface area contributed by atoms with Crippen LogP contribution in [0.4, 0.5) is 0 Å². The van der Waals surface area contributed by atoms with E-state index in [1.54, 1.807) is 6.92 Å². The number of nitrogens with one attached hydrogen (secondary N) is 1. The number of aromatic nitrogens is 1. The molecule has 13 heavy (non-hydrogen) atoms. The van der Waals surface area contributed by atoms with Crippen LogP contribution in [-0.4, -0.2) is 19.2 Å². The van der Waals surface area contributed by atoms with Crippen LogP contribution in [0.15, 0.2) is 5.38 Å². The molecule has 74 valence electrons. The third-order valence-electron chi connectivity index (χ3n) is 1.49. The van der Waals surface area contributed by atoms with Gasteiger partial charge in [-0.25, -0.2) is 18.1 Å². The molecule has 0 saturated heterocycles. The van der Waals surface area contributed by atoms with Crippen LogP contribution in [0.3, 0.4) is 0 Å². The lowest BCUT2D eigenvalue weighted by Gasteiger charge is -2.00. The summed E-state index contributed by atoms with van der Waals surface area (Å²) < 4.78 is 24.5. The highest BCUT2D eigenvalue weighted by Crippen LogP contribution is 2.08. The number of nitrogens with zero attached hydrogens (tertiary/aromatic N) is 1. The van der Waals surface area contributed by atoms with E-state index in [0.29, 0.717) is 6.54 Å². The minimum atomic E-state index is -3.09. The largest absolute Gasteiger partial charge is 0.245 e. The smallest absolute Gasteiger partial charge is 0.211 e. The Kier molecular flexibility index (Phi) is 3.40. The van der Waals surface area contributed by atoms with Gasteiger partial charge in [0.1, 0.15) is 5.01 Å². The summed E-state index contributed by atoms with van der Waals surface area (Å²) >= 11 is 1.46. The van der Waals surface area contributed by atoms with E-state index >= 15 is 0 Å². The molecule has 0 aliphatic heterocycles. The van der Waals surface area contributed by atoms with Gasteiger partial charge < -0.3 is 0 Å². The molecule has 0 bridgehead atoms. The Bertz CT molecular complexity index is 370. The molecule has 0 aromatic carbocycles. The molecule has 0 amide bonds. The molecule has 0 aliphatic rings. The third kappa shape index (κ3) is 3.41. The van der Waals surface area contributed by atoms with Crippen LogP contribution in [0.1, 0.15) is 17.6 Å². The van der Waals surface area contributed by atoms with Crippen LogP contribution >= 0.6 is 11.3 Å². The van der Waals surface area contributed by atoms with E-state index in [4.69, 9.17) is 0 Å². The monoisotopic (exact) mass is 220 g/mol. The van der Waals surface area contributed by atoms with Gasteiger partial charge in [-0.1, -0.05) is 0 Å². The SMILES string of the molecule is CCS(=O)(=O)NCc1nc(C)cs1. The van der Waals surface area contributed by atoms with Gasteiger partial charge in [0.2, 0.25) is 10.0 Å². The van der Waals surface area contributed by atoms with Crippen molar-refractivity contribution >= 4 is 21.4 Å². The molecule has 1 aromatic heterocycles. The van der Waals surface area contributed by atoms with Gasteiger partial charge in [-0.05, 0) is 13.8 Å². The second-order valence-electron chi connectivity index (χ2n) is 2.61. The van der Waals surface area contributed by atoms with Crippen molar-refractivity contribution in [3.8, 4) is 0 Å². The van der Waals surface area contributed by atoms with Gasteiger partial charge in [0, 0.05) is 11.1 Å². The zero-order valence-corrected chi connectivity index (χ0v) is 9.20. The van der Waals surface area contributed by atoms with Gasteiger partial charge in [0.15, 0.2) is 0 Å². The summed E-state index contributed by atoms with van der Waals surface area (Å²) in [4.78, 5) is 4.14. The first-order chi connectivity index (χ1) is 6.03. The molecule has 0 aliphatic carbocycles. The van der Waals surface area contributed by atoms with Gasteiger partial charge >= 0.3 is 0 Å². The quantitative estimate of drug-likeness (QED) is 0.820. The van der Waals surface area contributed by atoms with E-state index in [-0.39, 0.29) is 5.75 Å². The summed E-state index contributed by atoms with van der Waals surface area (Å²) in [6.07, 6.45) is 0. The van der Waals surface area contributed by atoms with Crippen LogP contribution in [0.2, 0.25) is 0 Å². The highest BCUT2D eigenvalue weighted by molar-refractivity contribution is 7.89. The zero-order valence-electron chi connectivity index (χ0n) is 7.57. The van der Waals surface area contributed by atoms with Crippen molar-refractivity contribution in [3.63, 3.8) is 0 Å². The normalized spacial score (nSPS) is 11.8. The Hall–Kier alpha value is -0.460. The Morgan fingerprint density at radius 2 is 2.31 bits per heavy atom. The molecule has 0 atom stereocenters. The molecule has 4 nitrogen and oxygen atoms in total. The summed E-state index contributed by atoms with van der Waals surface area (Å²) in [5.74, 6) is 0.108. The van der Waals surface area contributed by atoms with Crippen LogP contribution in [-0.2, 0) is 16.6 Å². The second-order valence-corrected chi connectivity index (χ2v) is 5.65. The molecule has 1 rings (SSSR count). The summed E-state index contributed by atoms with van der Waals surface area (Å²) in [5, 5.41) is 2.70. The molecule has 6 heteroatoms. The number of rotatable bonds is 4. The minimum Gasteiger partial charge on any atom is -0.245 e. The van der Waals surface area contributed by atoms with Gasteiger partial charge in [-0.3, -0.25) is 0 Å². The number of sulfonamides is 1. The lowest BCUT2D eigenvalue weighted by molar-refractivity contribution is 0.582. The Labute approximate surface area is 82.1 Å². The molecule has 0 saturated carbocycles. The molecular formula is C7H12N2O2S2. The van der Waals surface area contributed by atoms with Gasteiger partial charge in [0.25, 0.3) is 0 Å². The topological polar surface area (TPSA) is 59.1 Å².